The zero-order valence-electron chi connectivity index (χ0n) is 9.71. The van der Waals surface area contributed by atoms with Gasteiger partial charge >= 0.3 is 6.18 Å². The molecule has 0 saturated carbocycles. The van der Waals surface area contributed by atoms with Crippen LogP contribution in [0.4, 0.5) is 13.2 Å². The van der Waals surface area contributed by atoms with Gasteiger partial charge in [-0.05, 0) is 24.5 Å². The Morgan fingerprint density at radius 3 is 2.56 bits per heavy atom. The van der Waals surface area contributed by atoms with Crippen LogP contribution in [-0.4, -0.2) is 19.4 Å². The molecule has 0 aromatic heterocycles. The molecular formula is C12H15BrF3NO. The SMILES string of the molecule is NC(CCCOCC(F)(F)F)c1ccccc1Br. The first-order chi connectivity index (χ1) is 8.40. The standard InChI is InChI=1S/C12H15BrF3NO/c13-10-5-2-1-4-9(10)11(17)6-3-7-18-8-12(14,15)16/h1-2,4-5,11H,3,6-8,17H2. The van der Waals surface area contributed by atoms with Gasteiger partial charge in [0.25, 0.3) is 0 Å². The molecule has 0 amide bonds. The molecule has 0 spiro atoms. The number of benzene rings is 1. The van der Waals surface area contributed by atoms with Gasteiger partial charge in [-0.3, -0.25) is 0 Å². The number of ether oxygens (including phenoxy) is 1. The van der Waals surface area contributed by atoms with Gasteiger partial charge in [0.2, 0.25) is 0 Å². The van der Waals surface area contributed by atoms with Crippen LogP contribution in [0.1, 0.15) is 24.4 Å². The molecule has 0 fully saturated rings. The van der Waals surface area contributed by atoms with Gasteiger partial charge in [0.15, 0.2) is 0 Å². The molecule has 0 aliphatic rings. The molecule has 0 saturated heterocycles. The summed E-state index contributed by atoms with van der Waals surface area (Å²) in [6.07, 6.45) is -3.18. The average molecular weight is 326 g/mol. The number of halogens is 4. The van der Waals surface area contributed by atoms with E-state index in [0.717, 1.165) is 10.0 Å². The summed E-state index contributed by atoms with van der Waals surface area (Å²) in [5, 5.41) is 0. The van der Waals surface area contributed by atoms with Crippen molar-refractivity contribution in [3.63, 3.8) is 0 Å². The third-order valence-corrected chi connectivity index (χ3v) is 3.10. The quantitative estimate of drug-likeness (QED) is 0.807. The zero-order chi connectivity index (χ0) is 13.6. The van der Waals surface area contributed by atoms with Crippen LogP contribution in [0, 0.1) is 0 Å². The predicted molar refractivity (Wildman–Crippen MR) is 67.2 cm³/mol. The van der Waals surface area contributed by atoms with E-state index in [1.54, 1.807) is 0 Å². The topological polar surface area (TPSA) is 35.2 Å². The van der Waals surface area contributed by atoms with Crippen molar-refractivity contribution in [3.8, 4) is 0 Å². The van der Waals surface area contributed by atoms with E-state index in [-0.39, 0.29) is 12.6 Å². The van der Waals surface area contributed by atoms with Crippen LogP contribution in [-0.2, 0) is 4.74 Å². The molecule has 2 nitrogen and oxygen atoms in total. The fourth-order valence-electron chi connectivity index (χ4n) is 1.52. The maximum atomic E-state index is 11.8. The highest BCUT2D eigenvalue weighted by molar-refractivity contribution is 9.10. The fourth-order valence-corrected chi connectivity index (χ4v) is 2.10. The third kappa shape index (κ3) is 5.84. The molecule has 0 aliphatic heterocycles. The Labute approximate surface area is 112 Å². The first kappa shape index (κ1) is 15.5. The van der Waals surface area contributed by atoms with E-state index in [9.17, 15) is 13.2 Å². The monoisotopic (exact) mass is 325 g/mol. The van der Waals surface area contributed by atoms with Crippen molar-refractivity contribution < 1.29 is 17.9 Å². The van der Waals surface area contributed by atoms with Crippen molar-refractivity contribution in [2.45, 2.75) is 25.1 Å². The van der Waals surface area contributed by atoms with Crippen LogP contribution in [0.2, 0.25) is 0 Å². The number of hydrogen-bond donors (Lipinski definition) is 1. The number of alkyl halides is 3. The van der Waals surface area contributed by atoms with Crippen LogP contribution >= 0.6 is 15.9 Å². The lowest BCUT2D eigenvalue weighted by Crippen LogP contribution is -2.18. The summed E-state index contributed by atoms with van der Waals surface area (Å²) in [6.45, 7) is -1.13. The Balaban J connectivity index is 2.26. The number of nitrogens with two attached hydrogens (primary N) is 1. The number of hydrogen-bond acceptors (Lipinski definition) is 2. The van der Waals surface area contributed by atoms with E-state index in [2.05, 4.69) is 20.7 Å². The molecule has 0 radical (unpaired) electrons. The van der Waals surface area contributed by atoms with Crippen LogP contribution < -0.4 is 5.73 Å². The minimum atomic E-state index is -4.26. The maximum absolute atomic E-state index is 11.8. The molecule has 102 valence electrons. The third-order valence-electron chi connectivity index (χ3n) is 2.37. The minimum Gasteiger partial charge on any atom is -0.372 e. The first-order valence-electron chi connectivity index (χ1n) is 5.54. The van der Waals surface area contributed by atoms with Crippen LogP contribution in [0.3, 0.4) is 0 Å². The van der Waals surface area contributed by atoms with Crippen molar-refractivity contribution in [2.75, 3.05) is 13.2 Å². The fraction of sp³-hybridized carbons (Fsp3) is 0.500. The summed E-state index contributed by atoms with van der Waals surface area (Å²) in [5.41, 5.74) is 6.91. The minimum absolute atomic E-state index is 0.0671. The smallest absolute Gasteiger partial charge is 0.372 e. The molecular weight excluding hydrogens is 311 g/mol. The molecule has 18 heavy (non-hydrogen) atoms. The van der Waals surface area contributed by atoms with E-state index in [0.29, 0.717) is 12.8 Å². The largest absolute Gasteiger partial charge is 0.411 e. The highest BCUT2D eigenvalue weighted by atomic mass is 79.9. The van der Waals surface area contributed by atoms with Gasteiger partial charge in [-0.25, -0.2) is 0 Å². The Morgan fingerprint density at radius 1 is 1.28 bits per heavy atom. The molecule has 0 bridgehead atoms. The van der Waals surface area contributed by atoms with E-state index in [1.807, 2.05) is 24.3 Å². The second-order valence-electron chi connectivity index (χ2n) is 3.94. The van der Waals surface area contributed by atoms with Gasteiger partial charge in [-0.2, -0.15) is 13.2 Å². The van der Waals surface area contributed by atoms with E-state index in [1.165, 1.54) is 0 Å². The molecule has 0 aliphatic carbocycles. The predicted octanol–water partition coefficient (Wildman–Crippen LogP) is 3.81. The van der Waals surface area contributed by atoms with Crippen LogP contribution in [0.25, 0.3) is 0 Å². The molecule has 1 rings (SSSR count). The molecule has 1 aromatic rings. The van der Waals surface area contributed by atoms with E-state index in [4.69, 9.17) is 5.73 Å². The van der Waals surface area contributed by atoms with Gasteiger partial charge in [0.1, 0.15) is 6.61 Å². The van der Waals surface area contributed by atoms with Crippen LogP contribution in [0.15, 0.2) is 28.7 Å². The molecule has 2 N–H and O–H groups in total. The van der Waals surface area contributed by atoms with Crippen molar-refractivity contribution in [2.24, 2.45) is 5.73 Å². The van der Waals surface area contributed by atoms with Gasteiger partial charge < -0.3 is 10.5 Å². The average Bonchev–Trinajstić information content (AvgIpc) is 2.27. The first-order valence-corrected chi connectivity index (χ1v) is 6.34. The summed E-state index contributed by atoms with van der Waals surface area (Å²) >= 11 is 3.39. The second kappa shape index (κ2) is 7.11. The van der Waals surface area contributed by atoms with Gasteiger partial charge in [-0.15, -0.1) is 0 Å². The molecule has 6 heteroatoms. The van der Waals surface area contributed by atoms with E-state index >= 15 is 0 Å². The summed E-state index contributed by atoms with van der Waals surface area (Å²) in [7, 11) is 0. The Kier molecular flexibility index (Phi) is 6.11. The summed E-state index contributed by atoms with van der Waals surface area (Å²) in [6, 6.07) is 7.34. The summed E-state index contributed by atoms with van der Waals surface area (Å²) in [5.74, 6) is 0. The lowest BCUT2D eigenvalue weighted by Gasteiger charge is -2.14. The lowest BCUT2D eigenvalue weighted by atomic mass is 10.0. The van der Waals surface area contributed by atoms with Crippen molar-refractivity contribution in [3.05, 3.63) is 34.3 Å². The maximum Gasteiger partial charge on any atom is 0.411 e. The lowest BCUT2D eigenvalue weighted by molar-refractivity contribution is -0.174. The normalized spacial score (nSPS) is 13.6. The Morgan fingerprint density at radius 2 is 1.94 bits per heavy atom. The summed E-state index contributed by atoms with van der Waals surface area (Å²) < 4.78 is 40.8. The van der Waals surface area contributed by atoms with Crippen molar-refractivity contribution in [1.29, 1.82) is 0 Å². The zero-order valence-corrected chi connectivity index (χ0v) is 11.3. The Bertz CT molecular complexity index is 371. The molecule has 1 atom stereocenters. The van der Waals surface area contributed by atoms with Crippen molar-refractivity contribution in [1.82, 2.24) is 0 Å². The summed E-state index contributed by atoms with van der Waals surface area (Å²) in [4.78, 5) is 0. The highest BCUT2D eigenvalue weighted by Crippen LogP contribution is 2.24. The van der Waals surface area contributed by atoms with Gasteiger partial charge in [-0.1, -0.05) is 34.1 Å². The van der Waals surface area contributed by atoms with E-state index < -0.39 is 12.8 Å². The van der Waals surface area contributed by atoms with Gasteiger partial charge in [0.05, 0.1) is 0 Å². The molecule has 1 aromatic carbocycles. The van der Waals surface area contributed by atoms with Gasteiger partial charge in [0, 0.05) is 17.1 Å². The Hall–Kier alpha value is -0.590. The molecule has 1 unspecified atom stereocenters. The highest BCUT2D eigenvalue weighted by Gasteiger charge is 2.27. The van der Waals surface area contributed by atoms with Crippen LogP contribution in [0.5, 0.6) is 0 Å². The van der Waals surface area contributed by atoms with Crippen molar-refractivity contribution >= 4 is 15.9 Å². The second-order valence-corrected chi connectivity index (χ2v) is 4.79. The molecule has 0 heterocycles. The number of rotatable bonds is 6.